The van der Waals surface area contributed by atoms with Crippen molar-refractivity contribution >= 4 is 29.1 Å². The van der Waals surface area contributed by atoms with E-state index < -0.39 is 46.6 Å². The van der Waals surface area contributed by atoms with Crippen LogP contribution in [0.1, 0.15) is 91.2 Å². The zero-order valence-electron chi connectivity index (χ0n) is 31.7. The van der Waals surface area contributed by atoms with E-state index in [1.807, 2.05) is 52.8 Å². The number of hydrogen-bond donors (Lipinski definition) is 2. The third-order valence-electron chi connectivity index (χ3n) is 12.4. The molecule has 0 aliphatic heterocycles. The van der Waals surface area contributed by atoms with Crippen LogP contribution >= 0.6 is 0 Å². The first-order valence-electron chi connectivity index (χ1n) is 18.7. The number of nitrogens with zero attached hydrogens (tertiary/aromatic N) is 1. The normalized spacial score (nSPS) is 33.6. The Kier molecular flexibility index (Phi) is 12.9. The van der Waals surface area contributed by atoms with E-state index in [0.29, 0.717) is 19.4 Å². The number of rotatable bonds is 11. The molecule has 0 saturated heterocycles. The largest absolute Gasteiger partial charge is 0.458 e. The third-order valence-corrected chi connectivity index (χ3v) is 12.4. The van der Waals surface area contributed by atoms with Crippen LogP contribution in [-0.2, 0) is 23.9 Å². The molecule has 0 spiro atoms. The van der Waals surface area contributed by atoms with Crippen LogP contribution in [0.25, 0.3) is 0 Å². The summed E-state index contributed by atoms with van der Waals surface area (Å²) in [6.07, 6.45) is 3.20. The Hall–Kier alpha value is -3.24. The Morgan fingerprint density at radius 1 is 1.06 bits per heavy atom. The summed E-state index contributed by atoms with van der Waals surface area (Å²) in [4.78, 5) is 51.1. The number of benzene rings is 1. The molecule has 9 atom stereocenters. The minimum atomic E-state index is -2.15. The van der Waals surface area contributed by atoms with Crippen molar-refractivity contribution in [3.05, 3.63) is 53.1 Å². The van der Waals surface area contributed by atoms with E-state index in [2.05, 4.69) is 24.1 Å². The van der Waals surface area contributed by atoms with Gasteiger partial charge in [-0.2, -0.15) is 0 Å². The number of allylic oxidation sites excluding steroid dienone is 4. The first-order chi connectivity index (χ1) is 24.0. The number of aliphatic hydroxyl groups is 1. The maximum atomic E-state index is 17.1. The SMILES string of the molecule is CCCCC(=O)OCC(=O)C1C(C)CC2C3CC(F)C4=CC(=O)C=CC4(C)C3(F)C(O)CC21C.CCN(CC)CC(=O)Nc1c(C)cccc1C. The van der Waals surface area contributed by atoms with Gasteiger partial charge >= 0.3 is 5.97 Å². The van der Waals surface area contributed by atoms with Gasteiger partial charge in [0.05, 0.1) is 12.6 Å². The van der Waals surface area contributed by atoms with E-state index in [1.165, 1.54) is 18.2 Å². The summed E-state index contributed by atoms with van der Waals surface area (Å²) < 4.78 is 37.7. The minimum Gasteiger partial charge on any atom is -0.458 e. The van der Waals surface area contributed by atoms with Crippen LogP contribution in [0.4, 0.5) is 14.5 Å². The predicted molar refractivity (Wildman–Crippen MR) is 194 cm³/mol. The molecular weight excluding hydrogens is 654 g/mol. The van der Waals surface area contributed by atoms with Gasteiger partial charge in [0, 0.05) is 29.4 Å². The Labute approximate surface area is 302 Å². The molecule has 4 aliphatic carbocycles. The molecule has 0 bridgehead atoms. The van der Waals surface area contributed by atoms with Gasteiger partial charge in [-0.15, -0.1) is 0 Å². The number of alkyl halides is 2. The lowest BCUT2D eigenvalue weighted by molar-refractivity contribution is -0.202. The van der Waals surface area contributed by atoms with Crippen LogP contribution in [0.2, 0.25) is 0 Å². The third kappa shape index (κ3) is 7.78. The Morgan fingerprint density at radius 3 is 2.31 bits per heavy atom. The first-order valence-corrected chi connectivity index (χ1v) is 18.7. The fourth-order valence-electron chi connectivity index (χ4n) is 9.73. The molecule has 51 heavy (non-hydrogen) atoms. The zero-order valence-corrected chi connectivity index (χ0v) is 31.7. The second kappa shape index (κ2) is 16.2. The smallest absolute Gasteiger partial charge is 0.306 e. The van der Waals surface area contributed by atoms with Crippen molar-refractivity contribution in [3.8, 4) is 0 Å². The number of aliphatic hydroxyl groups excluding tert-OH is 1. The van der Waals surface area contributed by atoms with E-state index in [9.17, 15) is 24.3 Å². The topological polar surface area (TPSA) is 113 Å². The number of carbonyl (C=O) groups excluding carboxylic acids is 4. The lowest BCUT2D eigenvalue weighted by atomic mass is 9.45. The summed E-state index contributed by atoms with van der Waals surface area (Å²) in [6, 6.07) is 6.03. The van der Waals surface area contributed by atoms with Crippen LogP contribution in [-0.4, -0.2) is 77.6 Å². The van der Waals surface area contributed by atoms with E-state index >= 15 is 8.78 Å². The average molecular weight is 713 g/mol. The number of carbonyl (C=O) groups is 4. The number of halogens is 2. The van der Waals surface area contributed by atoms with Crippen molar-refractivity contribution in [1.29, 1.82) is 0 Å². The molecular formula is C41H58F2N2O6. The first kappa shape index (κ1) is 40.5. The molecule has 0 aromatic heterocycles. The van der Waals surface area contributed by atoms with Crippen LogP contribution < -0.4 is 5.32 Å². The molecule has 1 aromatic carbocycles. The number of Topliss-reactive ketones (excluding diaryl/α,β-unsaturated/α-hetero) is 1. The second-order valence-corrected chi connectivity index (χ2v) is 15.6. The molecule has 2 N–H and O–H groups in total. The quantitative estimate of drug-likeness (QED) is 0.237. The van der Waals surface area contributed by atoms with Gasteiger partial charge in [0.15, 0.2) is 17.2 Å². The average Bonchev–Trinajstić information content (AvgIpc) is 3.34. The molecule has 4 aliphatic rings. The van der Waals surface area contributed by atoms with Crippen LogP contribution in [0.3, 0.4) is 0 Å². The summed E-state index contributed by atoms with van der Waals surface area (Å²) >= 11 is 0. The Bertz CT molecular complexity index is 1520. The Balaban J connectivity index is 0.000000289. The van der Waals surface area contributed by atoms with Gasteiger partial charge in [-0.05, 0) is 106 Å². The number of unbranched alkanes of at least 4 members (excludes halogenated alkanes) is 1. The van der Waals surface area contributed by atoms with Gasteiger partial charge in [-0.1, -0.05) is 65.3 Å². The fourth-order valence-corrected chi connectivity index (χ4v) is 9.73. The molecule has 8 nitrogen and oxygen atoms in total. The monoisotopic (exact) mass is 712 g/mol. The number of ketones is 2. The highest BCUT2D eigenvalue weighted by molar-refractivity contribution is 6.01. The number of fused-ring (bicyclic) bond motifs is 5. The fraction of sp³-hybridized carbons (Fsp3) is 0.659. The number of aryl methyl sites for hydroxylation is 2. The van der Waals surface area contributed by atoms with Gasteiger partial charge < -0.3 is 15.2 Å². The standard InChI is InChI=1S/C27H36F2O5.C14H22N2O/c1-5-6-7-23(33)34-14-21(31)24-15(2)10-17-18-12-20(28)19-11-16(30)8-9-26(19,4)27(18,29)22(32)13-25(17,24)3;1-5-16(6-2)10-13(17)15-14-11(3)8-7-9-12(14)4/h8-9,11,15,17-18,20,22,24,32H,5-7,10,12-14H2,1-4H3;7-9H,5-6,10H2,1-4H3,(H,15,17). The second-order valence-electron chi connectivity index (χ2n) is 15.6. The van der Waals surface area contributed by atoms with Gasteiger partial charge in [0.1, 0.15) is 12.8 Å². The number of likely N-dealkylation sites (N-methyl/N-ethyl adjacent to an activating group) is 1. The van der Waals surface area contributed by atoms with Crippen molar-refractivity contribution in [1.82, 2.24) is 4.90 Å². The molecule has 0 heterocycles. The molecule has 3 saturated carbocycles. The number of esters is 1. The summed E-state index contributed by atoms with van der Waals surface area (Å²) in [5.74, 6) is -2.69. The zero-order chi connectivity index (χ0) is 37.9. The minimum absolute atomic E-state index is 0.0524. The highest BCUT2D eigenvalue weighted by atomic mass is 19.1. The maximum Gasteiger partial charge on any atom is 0.306 e. The van der Waals surface area contributed by atoms with Gasteiger partial charge in [-0.25, -0.2) is 8.78 Å². The molecule has 0 radical (unpaired) electrons. The van der Waals surface area contributed by atoms with E-state index in [4.69, 9.17) is 4.74 Å². The molecule has 1 aromatic rings. The number of para-hydroxylation sites is 1. The van der Waals surface area contributed by atoms with E-state index in [1.54, 1.807) is 6.92 Å². The van der Waals surface area contributed by atoms with Gasteiger partial charge in [-0.3, -0.25) is 24.1 Å². The molecule has 10 heteroatoms. The van der Waals surface area contributed by atoms with Crippen LogP contribution in [0, 0.1) is 48.3 Å². The number of hydrogen-bond acceptors (Lipinski definition) is 7. The molecule has 5 rings (SSSR count). The van der Waals surface area contributed by atoms with E-state index in [0.717, 1.165) is 36.3 Å². The van der Waals surface area contributed by atoms with Crippen LogP contribution in [0.5, 0.6) is 0 Å². The summed E-state index contributed by atoms with van der Waals surface area (Å²) in [5.41, 5.74) is -1.05. The molecule has 9 unspecified atom stereocenters. The molecule has 1 amide bonds. The van der Waals surface area contributed by atoms with Crippen molar-refractivity contribution in [2.45, 2.75) is 112 Å². The summed E-state index contributed by atoms with van der Waals surface area (Å²) in [5, 5.41) is 14.3. The van der Waals surface area contributed by atoms with Crippen molar-refractivity contribution < 1.29 is 37.8 Å². The summed E-state index contributed by atoms with van der Waals surface area (Å²) in [6.45, 7) is 17.4. The Morgan fingerprint density at radius 2 is 1.71 bits per heavy atom. The highest BCUT2D eigenvalue weighted by Gasteiger charge is 2.73. The van der Waals surface area contributed by atoms with Crippen molar-refractivity contribution in [2.24, 2.45) is 34.5 Å². The molecule has 3 fully saturated rings. The highest BCUT2D eigenvalue weighted by Crippen LogP contribution is 2.70. The van der Waals surface area contributed by atoms with Crippen molar-refractivity contribution in [3.63, 3.8) is 0 Å². The maximum absolute atomic E-state index is 17.1. The van der Waals surface area contributed by atoms with Gasteiger partial charge in [0.2, 0.25) is 5.91 Å². The number of anilines is 1. The van der Waals surface area contributed by atoms with Crippen LogP contribution in [0.15, 0.2) is 42.0 Å². The van der Waals surface area contributed by atoms with Gasteiger partial charge in [0.25, 0.3) is 0 Å². The van der Waals surface area contributed by atoms with E-state index in [-0.39, 0.29) is 60.8 Å². The summed E-state index contributed by atoms with van der Waals surface area (Å²) in [7, 11) is 0. The number of amides is 1. The molecule has 282 valence electrons. The predicted octanol–water partition coefficient (Wildman–Crippen LogP) is 7.05. The lowest BCUT2D eigenvalue weighted by Gasteiger charge is -2.62. The van der Waals surface area contributed by atoms with Crippen molar-refractivity contribution in [2.75, 3.05) is 31.6 Å². The lowest BCUT2D eigenvalue weighted by Crippen LogP contribution is -2.68. The number of ether oxygens (including phenoxy) is 1. The number of nitrogens with one attached hydrogen (secondary N) is 1.